The molecule has 1 amide bonds. The van der Waals surface area contributed by atoms with Gasteiger partial charge in [0.05, 0.1) is 16.6 Å². The molecule has 0 saturated carbocycles. The maximum absolute atomic E-state index is 15.6. The number of amides is 1. The van der Waals surface area contributed by atoms with Gasteiger partial charge in [0.2, 0.25) is 5.88 Å². The van der Waals surface area contributed by atoms with Crippen LogP contribution in [0.3, 0.4) is 0 Å². The molecular weight excluding hydrogens is 779 g/mol. The van der Waals surface area contributed by atoms with Crippen molar-refractivity contribution >= 4 is 34.5 Å². The monoisotopic (exact) mass is 835 g/mol. The molecule has 12 heteroatoms. The van der Waals surface area contributed by atoms with Gasteiger partial charge in [-0.25, -0.2) is 19.7 Å². The van der Waals surface area contributed by atoms with Crippen LogP contribution in [0.5, 0.6) is 5.88 Å². The van der Waals surface area contributed by atoms with Crippen molar-refractivity contribution in [2.24, 2.45) is 0 Å². The number of fused-ring (bicyclic) bond motifs is 1. The van der Waals surface area contributed by atoms with Gasteiger partial charge in [-0.3, -0.25) is 9.36 Å². The van der Waals surface area contributed by atoms with Gasteiger partial charge in [-0.2, -0.15) is 0 Å². The molecule has 322 valence electrons. The molecule has 2 aliphatic rings. The highest BCUT2D eigenvalue weighted by atomic mass is 16.6. The van der Waals surface area contributed by atoms with E-state index in [2.05, 4.69) is 35.8 Å². The summed E-state index contributed by atoms with van der Waals surface area (Å²) in [7, 11) is 0. The van der Waals surface area contributed by atoms with E-state index in [1.54, 1.807) is 9.47 Å². The number of para-hydroxylation sites is 2. The van der Waals surface area contributed by atoms with Crippen molar-refractivity contribution in [2.45, 2.75) is 79.6 Å². The lowest BCUT2D eigenvalue weighted by Gasteiger charge is -2.37. The van der Waals surface area contributed by atoms with Gasteiger partial charge in [-0.1, -0.05) is 42.5 Å². The lowest BCUT2D eigenvalue weighted by atomic mass is 9.95. The molecule has 3 aromatic carbocycles. The van der Waals surface area contributed by atoms with E-state index >= 15 is 4.79 Å². The summed E-state index contributed by atoms with van der Waals surface area (Å²) < 4.78 is 19.6. The average molecular weight is 836 g/mol. The summed E-state index contributed by atoms with van der Waals surface area (Å²) in [4.78, 5) is 49.6. The minimum atomic E-state index is -0.543. The number of pyridine rings is 2. The Kier molecular flexibility index (Phi) is 12.3. The average Bonchev–Trinajstić information content (AvgIpc) is 3.65. The fraction of sp³-hybridized carbons (Fsp3) is 0.380. The lowest BCUT2D eigenvalue weighted by Crippen LogP contribution is -2.50. The molecule has 62 heavy (non-hydrogen) atoms. The first-order valence-electron chi connectivity index (χ1n) is 21.7. The normalized spacial score (nSPS) is 14.9. The Hall–Kier alpha value is -6.27. The Morgan fingerprint density at radius 2 is 1.58 bits per heavy atom. The van der Waals surface area contributed by atoms with Gasteiger partial charge in [0.1, 0.15) is 18.0 Å². The topological polar surface area (TPSA) is 115 Å². The van der Waals surface area contributed by atoms with Crippen molar-refractivity contribution in [1.82, 2.24) is 24.4 Å². The van der Waals surface area contributed by atoms with Gasteiger partial charge in [0, 0.05) is 80.7 Å². The van der Waals surface area contributed by atoms with Crippen molar-refractivity contribution in [3.63, 3.8) is 0 Å². The zero-order valence-corrected chi connectivity index (χ0v) is 37.0. The zero-order chi connectivity index (χ0) is 43.5. The van der Waals surface area contributed by atoms with Crippen molar-refractivity contribution in [1.29, 1.82) is 0 Å². The van der Waals surface area contributed by atoms with Gasteiger partial charge in [-0.05, 0) is 126 Å². The molecule has 12 nitrogen and oxygen atoms in total. The Morgan fingerprint density at radius 3 is 2.27 bits per heavy atom. The molecule has 0 unspecified atom stereocenters. The fourth-order valence-electron chi connectivity index (χ4n) is 8.62. The van der Waals surface area contributed by atoms with Crippen LogP contribution in [-0.2, 0) is 16.1 Å². The molecule has 2 saturated heterocycles. The smallest absolute Gasteiger partial charge is 0.410 e. The van der Waals surface area contributed by atoms with Crippen LogP contribution in [0.1, 0.15) is 73.3 Å². The Balaban J connectivity index is 1.19. The van der Waals surface area contributed by atoms with Crippen LogP contribution < -0.4 is 14.5 Å². The summed E-state index contributed by atoms with van der Waals surface area (Å²) in [5.74, 6) is 1.54. The van der Waals surface area contributed by atoms with Gasteiger partial charge in [0.15, 0.2) is 5.82 Å². The zero-order valence-electron chi connectivity index (χ0n) is 37.0. The first kappa shape index (κ1) is 42.4. The number of carbonyl (C=O) groups is 2. The number of rotatable bonds is 10. The quantitative estimate of drug-likeness (QED) is 0.132. The van der Waals surface area contributed by atoms with E-state index in [0.29, 0.717) is 79.9 Å². The lowest BCUT2D eigenvalue weighted by molar-refractivity contribution is 0.0240. The number of benzene rings is 3. The van der Waals surface area contributed by atoms with Crippen molar-refractivity contribution in [3.05, 3.63) is 119 Å². The molecule has 0 bridgehead atoms. The van der Waals surface area contributed by atoms with E-state index in [9.17, 15) is 4.79 Å². The standard InChI is InChI=1S/C50H57N7O5/c1-8-56(39-20-26-60-27-21-39)43-30-38(37-18-19-44(51-31-37)54-22-24-55(25-23-54)49(59)62-50(5,6)7)29-40(35(43)4)48(58)57-42-17-13-12-16-41(42)53-46(57)45-33(2)28-34(3)52-47(45)61-32-36-14-10-9-11-15-36/h9-19,28-31,39H,8,20-27,32H2,1-7H3. The number of piperazine rings is 1. The molecule has 0 N–H and O–H groups in total. The van der Waals surface area contributed by atoms with Crippen LogP contribution >= 0.6 is 0 Å². The first-order valence-corrected chi connectivity index (χ1v) is 21.7. The second-order valence-electron chi connectivity index (χ2n) is 17.3. The second-order valence-corrected chi connectivity index (χ2v) is 17.3. The summed E-state index contributed by atoms with van der Waals surface area (Å²) in [6, 6.07) is 28.3. The van der Waals surface area contributed by atoms with Crippen LogP contribution in [-0.4, -0.2) is 94.0 Å². The summed E-state index contributed by atoms with van der Waals surface area (Å²) >= 11 is 0. The number of hydrogen-bond donors (Lipinski definition) is 0. The summed E-state index contributed by atoms with van der Waals surface area (Å²) in [5.41, 5.74) is 8.51. The van der Waals surface area contributed by atoms with Crippen molar-refractivity contribution in [2.75, 3.05) is 55.7 Å². The number of nitrogens with zero attached hydrogens (tertiary/aromatic N) is 7. The predicted molar refractivity (Wildman–Crippen MR) is 244 cm³/mol. The Bertz CT molecular complexity index is 2550. The third-order valence-electron chi connectivity index (χ3n) is 11.7. The maximum atomic E-state index is 15.6. The second kappa shape index (κ2) is 18.0. The molecule has 6 aromatic rings. The number of aryl methyl sites for hydroxylation is 2. The van der Waals surface area contributed by atoms with Crippen LogP contribution in [0.4, 0.5) is 16.3 Å². The molecule has 8 rings (SSSR count). The third-order valence-corrected chi connectivity index (χ3v) is 11.7. The van der Waals surface area contributed by atoms with E-state index in [0.717, 1.165) is 64.4 Å². The summed E-state index contributed by atoms with van der Waals surface area (Å²) in [6.07, 6.45) is 3.40. The molecule has 3 aromatic heterocycles. The largest absolute Gasteiger partial charge is 0.472 e. The highest BCUT2D eigenvalue weighted by Crippen LogP contribution is 2.38. The van der Waals surface area contributed by atoms with Gasteiger partial charge in [-0.15, -0.1) is 0 Å². The molecule has 5 heterocycles. The van der Waals surface area contributed by atoms with Crippen LogP contribution in [0.2, 0.25) is 0 Å². The van der Waals surface area contributed by atoms with Crippen molar-refractivity contribution < 1.29 is 23.8 Å². The number of ether oxygens (including phenoxy) is 3. The SMILES string of the molecule is CCN(c1cc(-c2ccc(N3CCN(C(=O)OC(C)(C)C)CC3)nc2)cc(C(=O)n2c(-c3c(C)cc(C)nc3OCc3ccccc3)nc3ccccc32)c1C)C1CCOCC1. The summed E-state index contributed by atoms with van der Waals surface area (Å²) in [6.45, 7) is 18.7. The van der Waals surface area contributed by atoms with Gasteiger partial charge >= 0.3 is 6.09 Å². The molecule has 2 aliphatic heterocycles. The number of hydrogen-bond acceptors (Lipinski definition) is 10. The van der Waals surface area contributed by atoms with E-state index in [-0.39, 0.29) is 18.0 Å². The van der Waals surface area contributed by atoms with E-state index in [1.807, 2.05) is 114 Å². The number of anilines is 2. The van der Waals surface area contributed by atoms with E-state index in [4.69, 9.17) is 29.2 Å². The van der Waals surface area contributed by atoms with Crippen LogP contribution in [0.15, 0.2) is 91.1 Å². The number of carbonyl (C=O) groups excluding carboxylic acids is 2. The first-order chi connectivity index (χ1) is 29.9. The molecule has 0 aliphatic carbocycles. The van der Waals surface area contributed by atoms with Crippen LogP contribution in [0, 0.1) is 20.8 Å². The Morgan fingerprint density at radius 1 is 0.855 bits per heavy atom. The van der Waals surface area contributed by atoms with Crippen LogP contribution in [0.25, 0.3) is 33.5 Å². The van der Waals surface area contributed by atoms with E-state index in [1.165, 1.54) is 0 Å². The minimum Gasteiger partial charge on any atom is -0.472 e. The third kappa shape index (κ3) is 9.02. The van der Waals surface area contributed by atoms with Gasteiger partial charge in [0.25, 0.3) is 5.91 Å². The van der Waals surface area contributed by atoms with E-state index < -0.39 is 5.60 Å². The highest BCUT2D eigenvalue weighted by molar-refractivity contribution is 6.07. The van der Waals surface area contributed by atoms with Crippen molar-refractivity contribution in [3.8, 4) is 28.4 Å². The number of imidazole rings is 1. The minimum absolute atomic E-state index is 0.196. The predicted octanol–water partition coefficient (Wildman–Crippen LogP) is 9.42. The number of aromatic nitrogens is 4. The highest BCUT2D eigenvalue weighted by Gasteiger charge is 2.30. The fourth-order valence-corrected chi connectivity index (χ4v) is 8.62. The molecule has 2 fully saturated rings. The maximum Gasteiger partial charge on any atom is 0.410 e. The molecule has 0 spiro atoms. The Labute approximate surface area is 364 Å². The van der Waals surface area contributed by atoms with Gasteiger partial charge < -0.3 is 28.9 Å². The molecule has 0 atom stereocenters. The summed E-state index contributed by atoms with van der Waals surface area (Å²) in [5, 5.41) is 0. The molecule has 0 radical (unpaired) electrons. The molecular formula is C50H57N7O5.